The molecule has 3 aromatic heterocycles. The lowest BCUT2D eigenvalue weighted by molar-refractivity contribution is -0.0234. The van der Waals surface area contributed by atoms with Gasteiger partial charge in [0, 0.05) is 30.9 Å². The summed E-state index contributed by atoms with van der Waals surface area (Å²) in [7, 11) is 0. The van der Waals surface area contributed by atoms with E-state index in [0.29, 0.717) is 117 Å². The fraction of sp³-hybridized carbons (Fsp3) is 0.784. The average Bonchev–Trinajstić information content (AvgIpc) is 3.70. The standard InChI is InChI=1S/C37H64N6O8S/c1-3-4-5-33-41-34-35(36-32(40-37(34)39)28-30(2)52-36)43(33)29-31-6-9-42(10-7-31)11-13-45-15-17-47-19-21-49-23-25-51-27-26-50-24-22-48-20-18-46-16-14-44-12-8-38/h28,31H,3-27,29,38H2,1-2H3,(H2,39,40). The van der Waals surface area contributed by atoms with Crippen LogP contribution in [0.3, 0.4) is 0 Å². The van der Waals surface area contributed by atoms with Crippen LogP contribution in [0.15, 0.2) is 6.07 Å². The molecule has 0 bridgehead atoms. The van der Waals surface area contributed by atoms with E-state index in [0.717, 1.165) is 68.9 Å². The Balaban J connectivity index is 0.944. The number of nitrogens with zero attached hydrogens (tertiary/aromatic N) is 4. The van der Waals surface area contributed by atoms with Crippen LogP contribution in [0.2, 0.25) is 0 Å². The van der Waals surface area contributed by atoms with E-state index in [-0.39, 0.29) is 0 Å². The Morgan fingerprint density at radius 3 is 1.73 bits per heavy atom. The normalized spacial score (nSPS) is 14.4. The van der Waals surface area contributed by atoms with Crippen LogP contribution in [-0.4, -0.2) is 151 Å². The minimum absolute atomic E-state index is 0.524. The number of ether oxygens (including phenoxy) is 8. The molecule has 1 aliphatic heterocycles. The molecule has 4 rings (SSSR count). The van der Waals surface area contributed by atoms with Gasteiger partial charge >= 0.3 is 0 Å². The lowest BCUT2D eigenvalue weighted by Gasteiger charge is -2.32. The van der Waals surface area contributed by atoms with Crippen molar-refractivity contribution in [3.05, 3.63) is 16.8 Å². The maximum atomic E-state index is 6.42. The second-order valence-electron chi connectivity index (χ2n) is 13.0. The highest BCUT2D eigenvalue weighted by atomic mass is 32.1. The highest BCUT2D eigenvalue weighted by Crippen LogP contribution is 2.35. The van der Waals surface area contributed by atoms with E-state index in [1.165, 1.54) is 27.9 Å². The van der Waals surface area contributed by atoms with Gasteiger partial charge in [-0.25, -0.2) is 9.97 Å². The van der Waals surface area contributed by atoms with Crippen LogP contribution in [0.25, 0.3) is 21.3 Å². The number of hydrogen-bond donors (Lipinski definition) is 2. The Morgan fingerprint density at radius 1 is 0.731 bits per heavy atom. The molecule has 1 fully saturated rings. The van der Waals surface area contributed by atoms with E-state index >= 15 is 0 Å². The van der Waals surface area contributed by atoms with Gasteiger partial charge in [0.25, 0.3) is 0 Å². The molecule has 1 saturated heterocycles. The first-order chi connectivity index (χ1) is 25.6. The lowest BCUT2D eigenvalue weighted by Crippen LogP contribution is -2.37. The van der Waals surface area contributed by atoms with Crippen molar-refractivity contribution >= 4 is 38.4 Å². The van der Waals surface area contributed by atoms with Crippen LogP contribution >= 0.6 is 11.3 Å². The Bertz CT molecular complexity index is 1370. The molecule has 0 radical (unpaired) electrons. The number of piperidine rings is 1. The molecule has 1 aliphatic rings. The van der Waals surface area contributed by atoms with Gasteiger partial charge in [0.1, 0.15) is 11.3 Å². The molecule has 0 aromatic carbocycles. The van der Waals surface area contributed by atoms with Gasteiger partial charge in [-0.3, -0.25) is 0 Å². The summed E-state index contributed by atoms with van der Waals surface area (Å²) in [6, 6.07) is 2.14. The number of thiophene rings is 1. The number of rotatable bonds is 31. The average molecular weight is 753 g/mol. The molecule has 0 unspecified atom stereocenters. The van der Waals surface area contributed by atoms with Crippen molar-refractivity contribution in [3.63, 3.8) is 0 Å². The van der Waals surface area contributed by atoms with Crippen molar-refractivity contribution in [2.24, 2.45) is 11.7 Å². The van der Waals surface area contributed by atoms with Crippen molar-refractivity contribution in [1.29, 1.82) is 0 Å². The molecule has 0 aliphatic carbocycles. The molecule has 0 spiro atoms. The van der Waals surface area contributed by atoms with Gasteiger partial charge in [0.2, 0.25) is 0 Å². The maximum absolute atomic E-state index is 6.42. The second kappa shape index (κ2) is 25.9. The number of nitrogen functional groups attached to an aromatic ring is 1. The third-order valence-electron chi connectivity index (χ3n) is 8.90. The van der Waals surface area contributed by atoms with Gasteiger partial charge in [-0.1, -0.05) is 13.3 Å². The molecule has 52 heavy (non-hydrogen) atoms. The van der Waals surface area contributed by atoms with Gasteiger partial charge in [-0.2, -0.15) is 0 Å². The van der Waals surface area contributed by atoms with E-state index in [9.17, 15) is 0 Å². The highest BCUT2D eigenvalue weighted by Gasteiger charge is 2.24. The summed E-state index contributed by atoms with van der Waals surface area (Å²) in [5.74, 6) is 2.31. The SMILES string of the molecule is CCCCc1nc2c(N)nc3cc(C)sc3c2n1CC1CCN(CCOCCOCCOCCOCCOCCOCCOCCOCCN)CC1. The Labute approximate surface area is 313 Å². The monoisotopic (exact) mass is 752 g/mol. The first kappa shape index (κ1) is 42.7. The first-order valence-electron chi connectivity index (χ1n) is 19.2. The molecule has 4 N–H and O–H groups in total. The van der Waals surface area contributed by atoms with Gasteiger partial charge in [-0.05, 0) is 51.3 Å². The number of aryl methyl sites for hydroxylation is 2. The Morgan fingerprint density at radius 2 is 1.23 bits per heavy atom. The summed E-state index contributed by atoms with van der Waals surface area (Å²) < 4.78 is 47.9. The summed E-state index contributed by atoms with van der Waals surface area (Å²) in [4.78, 5) is 13.5. The zero-order chi connectivity index (χ0) is 36.6. The number of pyridine rings is 1. The third kappa shape index (κ3) is 15.4. The lowest BCUT2D eigenvalue weighted by atomic mass is 9.96. The largest absolute Gasteiger partial charge is 0.382 e. The molecular weight excluding hydrogens is 689 g/mol. The fourth-order valence-electron chi connectivity index (χ4n) is 6.14. The minimum atomic E-state index is 0.524. The molecule has 15 heteroatoms. The van der Waals surface area contributed by atoms with Crippen molar-refractivity contribution in [3.8, 4) is 0 Å². The number of aromatic nitrogens is 3. The summed E-state index contributed by atoms with van der Waals surface area (Å²) in [5, 5.41) is 0. The molecule has 3 aromatic rings. The predicted octanol–water partition coefficient (Wildman–Crippen LogP) is 3.68. The van der Waals surface area contributed by atoms with Crippen LogP contribution in [0.1, 0.15) is 43.3 Å². The Hall–Kier alpha value is -2.02. The van der Waals surface area contributed by atoms with Gasteiger partial charge in [0.15, 0.2) is 5.82 Å². The zero-order valence-electron chi connectivity index (χ0n) is 31.7. The minimum Gasteiger partial charge on any atom is -0.382 e. The fourth-order valence-corrected chi connectivity index (χ4v) is 7.14. The summed E-state index contributed by atoms with van der Waals surface area (Å²) in [5.41, 5.74) is 14.8. The first-order valence-corrected chi connectivity index (χ1v) is 20.0. The zero-order valence-corrected chi connectivity index (χ0v) is 32.5. The molecule has 4 heterocycles. The molecule has 0 atom stereocenters. The van der Waals surface area contributed by atoms with Crippen LogP contribution in [0.4, 0.5) is 5.82 Å². The number of anilines is 1. The predicted molar refractivity (Wildman–Crippen MR) is 205 cm³/mol. The van der Waals surface area contributed by atoms with Gasteiger partial charge in [-0.15, -0.1) is 11.3 Å². The van der Waals surface area contributed by atoms with Gasteiger partial charge in [0.05, 0.1) is 121 Å². The van der Waals surface area contributed by atoms with Crippen molar-refractivity contribution < 1.29 is 37.9 Å². The van der Waals surface area contributed by atoms with Crippen molar-refractivity contribution in [2.45, 2.75) is 52.5 Å². The van der Waals surface area contributed by atoms with Gasteiger partial charge < -0.3 is 58.8 Å². The summed E-state index contributed by atoms with van der Waals surface area (Å²) in [6.45, 7) is 17.9. The van der Waals surface area contributed by atoms with Crippen molar-refractivity contribution in [2.75, 3.05) is 138 Å². The quantitative estimate of drug-likeness (QED) is 0.0918. The van der Waals surface area contributed by atoms with E-state index < -0.39 is 0 Å². The van der Waals surface area contributed by atoms with Crippen molar-refractivity contribution in [1.82, 2.24) is 19.4 Å². The third-order valence-corrected chi connectivity index (χ3v) is 9.95. The number of likely N-dealkylation sites (tertiary alicyclic amines) is 1. The number of fused-ring (bicyclic) bond motifs is 3. The number of imidazole rings is 1. The van der Waals surface area contributed by atoms with Crippen LogP contribution < -0.4 is 11.5 Å². The Kier molecular flexibility index (Phi) is 21.3. The second-order valence-corrected chi connectivity index (χ2v) is 14.2. The summed E-state index contributed by atoms with van der Waals surface area (Å²) >= 11 is 1.80. The molecule has 0 amide bonds. The molecule has 0 saturated carbocycles. The van der Waals surface area contributed by atoms with E-state index in [4.69, 9.17) is 54.3 Å². The maximum Gasteiger partial charge on any atom is 0.152 e. The number of unbranched alkanes of at least 4 members (excludes halogenated alkanes) is 1. The number of nitrogens with two attached hydrogens (primary N) is 2. The van der Waals surface area contributed by atoms with E-state index in [1.807, 2.05) is 0 Å². The van der Waals surface area contributed by atoms with E-state index in [2.05, 4.69) is 34.4 Å². The van der Waals surface area contributed by atoms with Crippen LogP contribution in [0, 0.1) is 12.8 Å². The van der Waals surface area contributed by atoms with Crippen LogP contribution in [0.5, 0.6) is 0 Å². The van der Waals surface area contributed by atoms with Crippen LogP contribution in [-0.2, 0) is 50.9 Å². The smallest absolute Gasteiger partial charge is 0.152 e. The number of hydrogen-bond acceptors (Lipinski definition) is 14. The molecule has 14 nitrogen and oxygen atoms in total. The molecule has 296 valence electrons. The molecular formula is C37H64N6O8S. The highest BCUT2D eigenvalue weighted by molar-refractivity contribution is 7.19. The summed E-state index contributed by atoms with van der Waals surface area (Å²) in [6.07, 6.45) is 5.57. The topological polar surface area (TPSA) is 160 Å². The van der Waals surface area contributed by atoms with E-state index in [1.54, 1.807) is 11.3 Å².